The fourth-order valence-electron chi connectivity index (χ4n) is 1.79. The van der Waals surface area contributed by atoms with Crippen LogP contribution in [0.15, 0.2) is 29.8 Å². The van der Waals surface area contributed by atoms with E-state index in [2.05, 4.69) is 52.0 Å². The van der Waals surface area contributed by atoms with Crippen molar-refractivity contribution in [3.63, 3.8) is 0 Å². The van der Waals surface area contributed by atoms with Crippen molar-refractivity contribution in [3.05, 3.63) is 41.0 Å². The summed E-state index contributed by atoms with van der Waals surface area (Å²) in [7, 11) is 0. The Labute approximate surface area is 87.7 Å². The largest absolute Gasteiger partial charge is 0.0698 e. The molecule has 0 aliphatic carbocycles. The Morgan fingerprint density at radius 1 is 1.14 bits per heavy atom. The number of rotatable bonds is 3. The molecule has 0 saturated heterocycles. The summed E-state index contributed by atoms with van der Waals surface area (Å²) in [6.07, 6.45) is 2.44. The van der Waals surface area contributed by atoms with Gasteiger partial charge in [0.05, 0.1) is 0 Å². The maximum Gasteiger partial charge on any atom is -0.0199 e. The van der Waals surface area contributed by atoms with Crippen LogP contribution < -0.4 is 0 Å². The SMILES string of the molecule is CCC/C(C)=C(/C)c1ccccc1C. The van der Waals surface area contributed by atoms with Gasteiger partial charge in [0.25, 0.3) is 0 Å². The third-order valence-electron chi connectivity index (χ3n) is 2.81. The molecule has 1 aromatic carbocycles. The van der Waals surface area contributed by atoms with E-state index in [1.807, 2.05) is 0 Å². The summed E-state index contributed by atoms with van der Waals surface area (Å²) in [6.45, 7) is 8.88. The Balaban J connectivity index is 3.05. The van der Waals surface area contributed by atoms with Gasteiger partial charge in [0.1, 0.15) is 0 Å². The lowest BCUT2D eigenvalue weighted by Gasteiger charge is -2.09. The first-order valence-corrected chi connectivity index (χ1v) is 5.39. The minimum atomic E-state index is 1.21. The van der Waals surface area contributed by atoms with Crippen molar-refractivity contribution in [2.24, 2.45) is 0 Å². The summed E-state index contributed by atoms with van der Waals surface area (Å²) in [4.78, 5) is 0. The molecular formula is C14H20. The quantitative estimate of drug-likeness (QED) is 0.651. The van der Waals surface area contributed by atoms with Crippen molar-refractivity contribution in [1.82, 2.24) is 0 Å². The molecule has 14 heavy (non-hydrogen) atoms. The lowest BCUT2D eigenvalue weighted by molar-refractivity contribution is 0.906. The van der Waals surface area contributed by atoms with Crippen LogP contribution in [0.5, 0.6) is 0 Å². The summed E-state index contributed by atoms with van der Waals surface area (Å²) in [5.74, 6) is 0. The zero-order valence-electron chi connectivity index (χ0n) is 9.72. The predicted molar refractivity (Wildman–Crippen MR) is 64.4 cm³/mol. The van der Waals surface area contributed by atoms with Crippen molar-refractivity contribution >= 4 is 5.57 Å². The van der Waals surface area contributed by atoms with E-state index >= 15 is 0 Å². The number of hydrogen-bond acceptors (Lipinski definition) is 0. The molecule has 0 heteroatoms. The minimum absolute atomic E-state index is 1.21. The number of hydrogen-bond donors (Lipinski definition) is 0. The van der Waals surface area contributed by atoms with Crippen LogP contribution in [0, 0.1) is 6.92 Å². The molecule has 0 spiro atoms. The molecule has 0 aliphatic heterocycles. The monoisotopic (exact) mass is 188 g/mol. The fourth-order valence-corrected chi connectivity index (χ4v) is 1.79. The zero-order valence-corrected chi connectivity index (χ0v) is 9.72. The maximum absolute atomic E-state index is 2.24. The third kappa shape index (κ3) is 2.47. The van der Waals surface area contributed by atoms with Gasteiger partial charge in [0, 0.05) is 0 Å². The Hall–Kier alpha value is -1.04. The second-order valence-electron chi connectivity index (χ2n) is 3.97. The number of aryl methyl sites for hydroxylation is 1. The maximum atomic E-state index is 2.24. The highest BCUT2D eigenvalue weighted by molar-refractivity contribution is 5.68. The average Bonchev–Trinajstić information content (AvgIpc) is 2.18. The molecule has 0 radical (unpaired) electrons. The molecule has 76 valence electrons. The molecule has 0 nitrogen and oxygen atoms in total. The molecule has 0 fully saturated rings. The van der Waals surface area contributed by atoms with Gasteiger partial charge in [-0.2, -0.15) is 0 Å². The van der Waals surface area contributed by atoms with Crippen molar-refractivity contribution < 1.29 is 0 Å². The van der Waals surface area contributed by atoms with Gasteiger partial charge in [-0.15, -0.1) is 0 Å². The molecule has 1 aromatic rings. The highest BCUT2D eigenvalue weighted by Crippen LogP contribution is 2.23. The second kappa shape index (κ2) is 4.99. The van der Waals surface area contributed by atoms with Crippen LogP contribution >= 0.6 is 0 Å². The van der Waals surface area contributed by atoms with Crippen LogP contribution in [0.25, 0.3) is 5.57 Å². The van der Waals surface area contributed by atoms with Crippen molar-refractivity contribution in [3.8, 4) is 0 Å². The summed E-state index contributed by atoms with van der Waals surface area (Å²) in [5.41, 5.74) is 5.74. The summed E-state index contributed by atoms with van der Waals surface area (Å²) in [6, 6.07) is 8.61. The highest BCUT2D eigenvalue weighted by Gasteiger charge is 2.02. The van der Waals surface area contributed by atoms with Crippen LogP contribution in [-0.2, 0) is 0 Å². The Bertz CT molecular complexity index is 332. The standard InChI is InChI=1S/C14H20/c1-5-8-11(2)13(4)14-10-7-6-9-12(14)3/h6-7,9-10H,5,8H2,1-4H3/b13-11-. The number of allylic oxidation sites excluding steroid dienone is 2. The molecule has 0 amide bonds. The van der Waals surface area contributed by atoms with Crippen LogP contribution in [0.2, 0.25) is 0 Å². The Morgan fingerprint density at radius 2 is 1.79 bits per heavy atom. The smallest absolute Gasteiger partial charge is 0.0199 e. The van der Waals surface area contributed by atoms with Crippen LogP contribution in [0.4, 0.5) is 0 Å². The van der Waals surface area contributed by atoms with Crippen molar-refractivity contribution in [2.75, 3.05) is 0 Å². The topological polar surface area (TPSA) is 0 Å². The van der Waals surface area contributed by atoms with Crippen molar-refractivity contribution in [1.29, 1.82) is 0 Å². The van der Waals surface area contributed by atoms with Crippen LogP contribution in [0.1, 0.15) is 44.7 Å². The molecule has 1 rings (SSSR count). The van der Waals surface area contributed by atoms with Crippen LogP contribution in [0.3, 0.4) is 0 Å². The van der Waals surface area contributed by atoms with E-state index in [4.69, 9.17) is 0 Å². The summed E-state index contributed by atoms with van der Waals surface area (Å²) < 4.78 is 0. The van der Waals surface area contributed by atoms with Gasteiger partial charge in [0.15, 0.2) is 0 Å². The van der Waals surface area contributed by atoms with Gasteiger partial charge >= 0.3 is 0 Å². The molecule has 0 bridgehead atoms. The van der Waals surface area contributed by atoms with E-state index in [0.29, 0.717) is 0 Å². The summed E-state index contributed by atoms with van der Waals surface area (Å²) >= 11 is 0. The predicted octanol–water partition coefficient (Wildman–Crippen LogP) is 4.59. The average molecular weight is 188 g/mol. The normalized spacial score (nSPS) is 12.6. The van der Waals surface area contributed by atoms with E-state index in [0.717, 1.165) is 0 Å². The van der Waals surface area contributed by atoms with Gasteiger partial charge < -0.3 is 0 Å². The fraction of sp³-hybridized carbons (Fsp3) is 0.429. The lowest BCUT2D eigenvalue weighted by Crippen LogP contribution is -1.88. The van der Waals surface area contributed by atoms with Gasteiger partial charge in [0.2, 0.25) is 0 Å². The molecule has 0 heterocycles. The van der Waals surface area contributed by atoms with Gasteiger partial charge in [-0.3, -0.25) is 0 Å². The third-order valence-corrected chi connectivity index (χ3v) is 2.81. The first kappa shape index (κ1) is 11.0. The first-order chi connectivity index (χ1) is 6.66. The van der Waals surface area contributed by atoms with Gasteiger partial charge in [-0.25, -0.2) is 0 Å². The van der Waals surface area contributed by atoms with E-state index in [1.54, 1.807) is 0 Å². The zero-order chi connectivity index (χ0) is 10.6. The molecule has 0 saturated carbocycles. The van der Waals surface area contributed by atoms with E-state index in [-0.39, 0.29) is 0 Å². The Morgan fingerprint density at radius 3 is 2.36 bits per heavy atom. The molecule has 0 atom stereocenters. The van der Waals surface area contributed by atoms with E-state index < -0.39 is 0 Å². The molecule has 0 N–H and O–H groups in total. The van der Waals surface area contributed by atoms with Gasteiger partial charge in [-0.1, -0.05) is 43.2 Å². The van der Waals surface area contributed by atoms with Crippen molar-refractivity contribution in [2.45, 2.75) is 40.5 Å². The summed E-state index contributed by atoms with van der Waals surface area (Å²) in [5, 5.41) is 0. The first-order valence-electron chi connectivity index (χ1n) is 5.39. The minimum Gasteiger partial charge on any atom is -0.0698 e. The van der Waals surface area contributed by atoms with Gasteiger partial charge in [-0.05, 0) is 43.9 Å². The Kier molecular flexibility index (Phi) is 3.94. The number of benzene rings is 1. The lowest BCUT2D eigenvalue weighted by atomic mass is 9.96. The van der Waals surface area contributed by atoms with Crippen LogP contribution in [-0.4, -0.2) is 0 Å². The molecule has 0 aliphatic rings. The van der Waals surface area contributed by atoms with E-state index in [9.17, 15) is 0 Å². The highest BCUT2D eigenvalue weighted by atomic mass is 14.1. The molecular weight excluding hydrogens is 168 g/mol. The molecule has 0 unspecified atom stereocenters. The molecule has 0 aromatic heterocycles. The second-order valence-corrected chi connectivity index (χ2v) is 3.97. The van der Waals surface area contributed by atoms with E-state index in [1.165, 1.54) is 35.1 Å².